The van der Waals surface area contributed by atoms with E-state index in [-0.39, 0.29) is 21.4 Å². The first-order chi connectivity index (χ1) is 12.9. The summed E-state index contributed by atoms with van der Waals surface area (Å²) in [4.78, 5) is 12.5. The van der Waals surface area contributed by atoms with Gasteiger partial charge in [-0.1, -0.05) is 47.9 Å². The van der Waals surface area contributed by atoms with Crippen LogP contribution in [-0.4, -0.2) is 31.7 Å². The van der Waals surface area contributed by atoms with E-state index in [1.165, 1.54) is 16.4 Å². The maximum atomic E-state index is 12.9. The number of carbonyl (C=O) groups is 1. The number of benzene rings is 2. The average Bonchev–Trinajstić information content (AvgIpc) is 2.67. The highest BCUT2D eigenvalue weighted by Crippen LogP contribution is 2.27. The van der Waals surface area contributed by atoms with Crippen molar-refractivity contribution in [1.82, 2.24) is 9.62 Å². The minimum Gasteiger partial charge on any atom is -0.348 e. The largest absolute Gasteiger partial charge is 0.348 e. The van der Waals surface area contributed by atoms with Crippen LogP contribution in [0.5, 0.6) is 0 Å². The summed E-state index contributed by atoms with van der Waals surface area (Å²) in [5, 5.41) is 2.96. The standard InChI is InChI=1S/C20H23ClN2O3S/c1-15-6-5-7-16(12-15)14-22-20(24)17-8-9-18(21)19(13-17)27(25,26)23-10-3-2-4-11-23/h5-9,12-13H,2-4,10-11,14H2,1H3,(H,22,24). The molecule has 0 unspecified atom stereocenters. The van der Waals surface area contributed by atoms with Crippen molar-refractivity contribution in [2.45, 2.75) is 37.6 Å². The molecule has 0 aromatic heterocycles. The van der Waals surface area contributed by atoms with Crippen molar-refractivity contribution in [3.8, 4) is 0 Å². The molecule has 2 aromatic carbocycles. The number of rotatable bonds is 5. The molecule has 27 heavy (non-hydrogen) atoms. The van der Waals surface area contributed by atoms with Crippen LogP contribution in [0.3, 0.4) is 0 Å². The fraction of sp³-hybridized carbons (Fsp3) is 0.350. The van der Waals surface area contributed by atoms with Crippen LogP contribution >= 0.6 is 11.6 Å². The molecule has 0 radical (unpaired) electrons. The van der Waals surface area contributed by atoms with Crippen LogP contribution < -0.4 is 5.32 Å². The van der Waals surface area contributed by atoms with Crippen LogP contribution in [0.1, 0.15) is 40.7 Å². The third-order valence-electron chi connectivity index (χ3n) is 4.66. The van der Waals surface area contributed by atoms with E-state index in [1.807, 2.05) is 31.2 Å². The zero-order chi connectivity index (χ0) is 19.4. The lowest BCUT2D eigenvalue weighted by molar-refractivity contribution is 0.0950. The second kappa shape index (κ2) is 8.42. The van der Waals surface area contributed by atoms with Gasteiger partial charge in [-0.25, -0.2) is 8.42 Å². The molecular formula is C20H23ClN2O3S. The highest BCUT2D eigenvalue weighted by Gasteiger charge is 2.28. The lowest BCUT2D eigenvalue weighted by atomic mass is 10.1. The van der Waals surface area contributed by atoms with Crippen LogP contribution in [0.25, 0.3) is 0 Å². The van der Waals surface area contributed by atoms with Crippen molar-refractivity contribution in [2.24, 2.45) is 0 Å². The topological polar surface area (TPSA) is 66.5 Å². The number of nitrogens with one attached hydrogen (secondary N) is 1. The molecular weight excluding hydrogens is 384 g/mol. The molecule has 144 valence electrons. The molecule has 1 fully saturated rings. The van der Waals surface area contributed by atoms with Gasteiger partial charge in [0.05, 0.1) is 5.02 Å². The third-order valence-corrected chi connectivity index (χ3v) is 7.04. The van der Waals surface area contributed by atoms with Gasteiger partial charge in [0.2, 0.25) is 10.0 Å². The Morgan fingerprint density at radius 1 is 1.11 bits per heavy atom. The van der Waals surface area contributed by atoms with E-state index in [4.69, 9.17) is 11.6 Å². The monoisotopic (exact) mass is 406 g/mol. The van der Waals surface area contributed by atoms with Gasteiger partial charge in [-0.2, -0.15) is 4.31 Å². The molecule has 1 aliphatic heterocycles. The van der Waals surface area contributed by atoms with E-state index < -0.39 is 10.0 Å². The summed E-state index contributed by atoms with van der Waals surface area (Å²) in [6.45, 7) is 3.34. The number of hydrogen-bond donors (Lipinski definition) is 1. The highest BCUT2D eigenvalue weighted by molar-refractivity contribution is 7.89. The van der Waals surface area contributed by atoms with E-state index in [9.17, 15) is 13.2 Å². The van der Waals surface area contributed by atoms with Crippen LogP contribution in [0.2, 0.25) is 5.02 Å². The molecule has 1 heterocycles. The lowest BCUT2D eigenvalue weighted by Gasteiger charge is -2.26. The van der Waals surface area contributed by atoms with Crippen molar-refractivity contribution in [3.05, 3.63) is 64.2 Å². The van der Waals surface area contributed by atoms with Gasteiger partial charge in [-0.05, 0) is 43.5 Å². The number of sulfonamides is 1. The zero-order valence-electron chi connectivity index (χ0n) is 15.2. The molecule has 1 N–H and O–H groups in total. The molecule has 1 saturated heterocycles. The second-order valence-electron chi connectivity index (χ2n) is 6.78. The average molecular weight is 407 g/mol. The number of hydrogen-bond acceptors (Lipinski definition) is 3. The predicted molar refractivity (Wildman–Crippen MR) is 106 cm³/mol. The molecule has 0 aliphatic carbocycles. The van der Waals surface area contributed by atoms with Crippen molar-refractivity contribution < 1.29 is 13.2 Å². The number of carbonyl (C=O) groups excluding carboxylic acids is 1. The summed E-state index contributed by atoms with van der Waals surface area (Å²) in [5.41, 5.74) is 2.38. The fourth-order valence-corrected chi connectivity index (χ4v) is 5.21. The van der Waals surface area contributed by atoms with Crippen LogP contribution in [-0.2, 0) is 16.6 Å². The van der Waals surface area contributed by atoms with E-state index in [2.05, 4.69) is 5.32 Å². The van der Waals surface area contributed by atoms with Gasteiger partial charge in [-0.3, -0.25) is 4.79 Å². The summed E-state index contributed by atoms with van der Waals surface area (Å²) in [6, 6.07) is 12.2. The Morgan fingerprint density at radius 3 is 2.56 bits per heavy atom. The SMILES string of the molecule is Cc1cccc(CNC(=O)c2ccc(Cl)c(S(=O)(=O)N3CCCCC3)c2)c1. The Kier molecular flexibility index (Phi) is 6.19. The van der Waals surface area contributed by atoms with Gasteiger partial charge in [0.15, 0.2) is 0 Å². The van der Waals surface area contributed by atoms with Crippen molar-refractivity contribution in [1.29, 1.82) is 0 Å². The summed E-state index contributed by atoms with van der Waals surface area (Å²) in [5.74, 6) is -0.330. The Bertz CT molecular complexity index is 938. The molecule has 2 aromatic rings. The molecule has 3 rings (SSSR count). The highest BCUT2D eigenvalue weighted by atomic mass is 35.5. The molecule has 5 nitrogen and oxygen atoms in total. The Labute approximate surface area is 165 Å². The summed E-state index contributed by atoms with van der Waals surface area (Å²) >= 11 is 6.16. The number of piperidine rings is 1. The van der Waals surface area contributed by atoms with E-state index in [0.717, 1.165) is 30.4 Å². The Hall–Kier alpha value is -1.89. The van der Waals surface area contributed by atoms with Crippen molar-refractivity contribution >= 4 is 27.5 Å². The normalized spacial score (nSPS) is 15.5. The van der Waals surface area contributed by atoms with Crippen LogP contribution in [0.4, 0.5) is 0 Å². The zero-order valence-corrected chi connectivity index (χ0v) is 16.8. The quantitative estimate of drug-likeness (QED) is 0.822. The number of aryl methyl sites for hydroxylation is 1. The Morgan fingerprint density at radius 2 is 1.85 bits per heavy atom. The molecule has 0 atom stereocenters. The van der Waals surface area contributed by atoms with Gasteiger partial charge in [-0.15, -0.1) is 0 Å². The van der Waals surface area contributed by atoms with Crippen molar-refractivity contribution in [3.63, 3.8) is 0 Å². The minimum atomic E-state index is -3.70. The number of halogens is 1. The molecule has 0 saturated carbocycles. The first kappa shape index (κ1) is 19.9. The molecule has 1 amide bonds. The van der Waals surface area contributed by atoms with Gasteiger partial charge >= 0.3 is 0 Å². The first-order valence-electron chi connectivity index (χ1n) is 9.01. The fourth-order valence-electron chi connectivity index (χ4n) is 3.19. The van der Waals surface area contributed by atoms with E-state index in [0.29, 0.717) is 19.6 Å². The number of amides is 1. The van der Waals surface area contributed by atoms with E-state index in [1.54, 1.807) is 6.07 Å². The first-order valence-corrected chi connectivity index (χ1v) is 10.8. The number of nitrogens with zero attached hydrogens (tertiary/aromatic N) is 1. The van der Waals surface area contributed by atoms with E-state index >= 15 is 0 Å². The van der Waals surface area contributed by atoms with Gasteiger partial charge in [0.25, 0.3) is 5.91 Å². The maximum absolute atomic E-state index is 12.9. The van der Waals surface area contributed by atoms with Gasteiger partial charge in [0.1, 0.15) is 4.90 Å². The van der Waals surface area contributed by atoms with Crippen molar-refractivity contribution in [2.75, 3.05) is 13.1 Å². The van der Waals surface area contributed by atoms with Gasteiger partial charge < -0.3 is 5.32 Å². The van der Waals surface area contributed by atoms with Gasteiger partial charge in [0, 0.05) is 25.2 Å². The smallest absolute Gasteiger partial charge is 0.251 e. The molecule has 7 heteroatoms. The summed E-state index contributed by atoms with van der Waals surface area (Å²) in [7, 11) is -3.70. The maximum Gasteiger partial charge on any atom is 0.251 e. The summed E-state index contributed by atoms with van der Waals surface area (Å²) in [6.07, 6.45) is 2.71. The summed E-state index contributed by atoms with van der Waals surface area (Å²) < 4.78 is 27.3. The van der Waals surface area contributed by atoms with Crippen LogP contribution in [0.15, 0.2) is 47.4 Å². The second-order valence-corrected chi connectivity index (χ2v) is 9.10. The lowest BCUT2D eigenvalue weighted by Crippen LogP contribution is -2.36. The van der Waals surface area contributed by atoms with Crippen LogP contribution in [0, 0.1) is 6.92 Å². The predicted octanol–water partition coefficient (Wildman–Crippen LogP) is 3.75. The molecule has 1 aliphatic rings. The third kappa shape index (κ3) is 4.69. The molecule has 0 spiro atoms. The Balaban J connectivity index is 1.79. The molecule has 0 bridgehead atoms. The minimum absolute atomic E-state index is 0.00530.